The molecule has 4 rings (SSSR count). The van der Waals surface area contributed by atoms with Gasteiger partial charge in [0.25, 0.3) is 0 Å². The molecule has 0 saturated carbocycles. The molecule has 6 heteroatoms. The smallest absolute Gasteiger partial charge is 0.146 e. The predicted molar refractivity (Wildman–Crippen MR) is 116 cm³/mol. The average Bonchev–Trinajstić information content (AvgIpc) is 2.66. The molecule has 0 saturated heterocycles. The van der Waals surface area contributed by atoms with Crippen molar-refractivity contribution in [3.8, 4) is 11.5 Å². The third kappa shape index (κ3) is 4.19. The molecule has 1 aromatic heterocycles. The third-order valence-corrected chi connectivity index (χ3v) is 5.00. The highest BCUT2D eigenvalue weighted by molar-refractivity contribution is 9.10. The maximum absolute atomic E-state index is 6.41. The maximum Gasteiger partial charge on any atom is 0.146 e. The molecule has 0 aliphatic carbocycles. The highest BCUT2D eigenvalue weighted by Gasteiger charge is 2.07. The van der Waals surface area contributed by atoms with Gasteiger partial charge in [-0.05, 0) is 66.7 Å². The van der Waals surface area contributed by atoms with Crippen molar-refractivity contribution >= 4 is 61.4 Å². The Morgan fingerprint density at radius 3 is 2.48 bits per heavy atom. The first-order valence-corrected chi connectivity index (χ1v) is 9.68. The van der Waals surface area contributed by atoms with E-state index in [4.69, 9.17) is 27.9 Å². The fourth-order valence-electron chi connectivity index (χ4n) is 2.67. The molecule has 4 aromatic rings. The highest BCUT2D eigenvalue weighted by atomic mass is 79.9. The van der Waals surface area contributed by atoms with Crippen LogP contribution in [0, 0.1) is 0 Å². The van der Waals surface area contributed by atoms with Crippen LogP contribution < -0.4 is 10.1 Å². The molecule has 3 nitrogen and oxygen atoms in total. The molecule has 0 aliphatic heterocycles. The zero-order chi connectivity index (χ0) is 18.8. The first-order chi connectivity index (χ1) is 13.1. The number of benzene rings is 3. The van der Waals surface area contributed by atoms with Crippen molar-refractivity contribution in [1.82, 2.24) is 4.98 Å². The fourth-order valence-corrected chi connectivity index (χ4v) is 3.38. The zero-order valence-electron chi connectivity index (χ0n) is 13.9. The van der Waals surface area contributed by atoms with Crippen LogP contribution in [0.15, 0.2) is 77.4 Å². The van der Waals surface area contributed by atoms with E-state index in [0.29, 0.717) is 21.5 Å². The fraction of sp³-hybridized carbons (Fsp3) is 0. The Hall–Kier alpha value is -2.27. The zero-order valence-corrected chi connectivity index (χ0v) is 17.0. The lowest BCUT2D eigenvalue weighted by Gasteiger charge is -2.12. The van der Waals surface area contributed by atoms with Gasteiger partial charge in [-0.25, -0.2) is 0 Å². The minimum Gasteiger partial charge on any atom is -0.456 e. The second kappa shape index (κ2) is 7.77. The lowest BCUT2D eigenvalue weighted by Crippen LogP contribution is -1.93. The quantitative estimate of drug-likeness (QED) is 0.337. The van der Waals surface area contributed by atoms with Crippen LogP contribution in [-0.4, -0.2) is 4.98 Å². The molecule has 27 heavy (non-hydrogen) atoms. The number of fused-ring (bicyclic) bond motifs is 1. The van der Waals surface area contributed by atoms with Gasteiger partial charge in [-0.2, -0.15) is 0 Å². The van der Waals surface area contributed by atoms with Crippen molar-refractivity contribution in [3.63, 3.8) is 0 Å². The molecule has 0 aliphatic rings. The number of pyridine rings is 1. The number of halogens is 3. The summed E-state index contributed by atoms with van der Waals surface area (Å²) in [6.07, 6.45) is 1.78. The lowest BCUT2D eigenvalue weighted by molar-refractivity contribution is 0.483. The number of aromatic nitrogens is 1. The van der Waals surface area contributed by atoms with Gasteiger partial charge in [-0.1, -0.05) is 39.1 Å². The normalized spacial score (nSPS) is 10.8. The first-order valence-electron chi connectivity index (χ1n) is 8.13. The van der Waals surface area contributed by atoms with Gasteiger partial charge in [0.05, 0.1) is 10.5 Å². The molecule has 1 N–H and O–H groups in total. The van der Waals surface area contributed by atoms with Crippen molar-refractivity contribution in [2.45, 2.75) is 0 Å². The maximum atomic E-state index is 6.41. The number of ether oxygens (including phenoxy) is 1. The van der Waals surface area contributed by atoms with Crippen LogP contribution in [-0.2, 0) is 0 Å². The van der Waals surface area contributed by atoms with Crippen LogP contribution in [0.5, 0.6) is 11.5 Å². The summed E-state index contributed by atoms with van der Waals surface area (Å²) in [7, 11) is 0. The van der Waals surface area contributed by atoms with E-state index in [2.05, 4.69) is 26.2 Å². The molecule has 134 valence electrons. The van der Waals surface area contributed by atoms with Crippen LogP contribution >= 0.6 is 39.1 Å². The van der Waals surface area contributed by atoms with Crippen molar-refractivity contribution < 1.29 is 4.74 Å². The Labute approximate surface area is 175 Å². The molecule has 0 unspecified atom stereocenters. The minimum absolute atomic E-state index is 0.509. The predicted octanol–water partition coefficient (Wildman–Crippen LogP) is 7.84. The molecule has 0 bridgehead atoms. The highest BCUT2D eigenvalue weighted by Crippen LogP contribution is 2.34. The van der Waals surface area contributed by atoms with Crippen LogP contribution in [0.3, 0.4) is 0 Å². The SMILES string of the molecule is Clc1ccc(Oc2ccc(Nc3ccnc4ccc(Br)cc34)cc2Cl)cc1. The Kier molecular flexibility index (Phi) is 5.21. The van der Waals surface area contributed by atoms with Crippen molar-refractivity contribution in [1.29, 1.82) is 0 Å². The van der Waals surface area contributed by atoms with Crippen molar-refractivity contribution in [3.05, 3.63) is 87.4 Å². The summed E-state index contributed by atoms with van der Waals surface area (Å²) < 4.78 is 6.82. The molecular weight excluding hydrogens is 447 g/mol. The van der Waals surface area contributed by atoms with Crippen LogP contribution in [0.25, 0.3) is 10.9 Å². The van der Waals surface area contributed by atoms with Crippen LogP contribution in [0.4, 0.5) is 11.4 Å². The first kappa shape index (κ1) is 18.1. The number of nitrogens with one attached hydrogen (secondary N) is 1. The van der Waals surface area contributed by atoms with E-state index >= 15 is 0 Å². The Bertz CT molecular complexity index is 1120. The van der Waals surface area contributed by atoms with Crippen LogP contribution in [0.1, 0.15) is 0 Å². The van der Waals surface area contributed by atoms with Gasteiger partial charge in [-0.15, -0.1) is 0 Å². The monoisotopic (exact) mass is 458 g/mol. The van der Waals surface area contributed by atoms with E-state index in [1.165, 1.54) is 0 Å². The summed E-state index contributed by atoms with van der Waals surface area (Å²) in [6, 6.07) is 20.6. The number of hydrogen-bond donors (Lipinski definition) is 1. The van der Waals surface area contributed by atoms with Crippen molar-refractivity contribution in [2.75, 3.05) is 5.32 Å². The van der Waals surface area contributed by atoms with Gasteiger partial charge < -0.3 is 10.1 Å². The molecule has 1 heterocycles. The topological polar surface area (TPSA) is 34.1 Å². The van der Waals surface area contributed by atoms with Gasteiger partial charge in [0, 0.05) is 32.5 Å². The van der Waals surface area contributed by atoms with Crippen LogP contribution in [0.2, 0.25) is 10.0 Å². The van der Waals surface area contributed by atoms with E-state index in [-0.39, 0.29) is 0 Å². The van der Waals surface area contributed by atoms with Gasteiger partial charge in [0.2, 0.25) is 0 Å². The third-order valence-electron chi connectivity index (χ3n) is 3.96. The van der Waals surface area contributed by atoms with Gasteiger partial charge in [0.1, 0.15) is 11.5 Å². The molecular formula is C21H13BrCl2N2O. The summed E-state index contributed by atoms with van der Waals surface area (Å²) in [5.74, 6) is 1.25. The second-order valence-electron chi connectivity index (χ2n) is 5.85. The molecule has 0 fully saturated rings. The largest absolute Gasteiger partial charge is 0.456 e. The Morgan fingerprint density at radius 1 is 0.889 bits per heavy atom. The lowest BCUT2D eigenvalue weighted by atomic mass is 10.2. The van der Waals surface area contributed by atoms with Gasteiger partial charge >= 0.3 is 0 Å². The molecule has 0 radical (unpaired) electrons. The number of hydrogen-bond acceptors (Lipinski definition) is 3. The van der Waals surface area contributed by atoms with Gasteiger partial charge in [0.15, 0.2) is 0 Å². The molecule has 3 aromatic carbocycles. The summed E-state index contributed by atoms with van der Waals surface area (Å²) >= 11 is 15.8. The molecule has 0 amide bonds. The van der Waals surface area contributed by atoms with E-state index in [1.54, 1.807) is 30.5 Å². The van der Waals surface area contributed by atoms with Gasteiger partial charge in [-0.3, -0.25) is 4.98 Å². The molecule has 0 atom stereocenters. The Balaban J connectivity index is 1.60. The van der Waals surface area contributed by atoms with E-state index in [9.17, 15) is 0 Å². The summed E-state index contributed by atoms with van der Waals surface area (Å²) in [5, 5.41) is 5.58. The number of rotatable bonds is 4. The summed E-state index contributed by atoms with van der Waals surface area (Å²) in [4.78, 5) is 4.39. The summed E-state index contributed by atoms with van der Waals surface area (Å²) in [5.41, 5.74) is 2.72. The molecule has 0 spiro atoms. The van der Waals surface area contributed by atoms with E-state index < -0.39 is 0 Å². The minimum atomic E-state index is 0.509. The van der Waals surface area contributed by atoms with E-state index in [0.717, 1.165) is 26.8 Å². The average molecular weight is 460 g/mol. The number of anilines is 2. The Morgan fingerprint density at radius 2 is 1.70 bits per heavy atom. The summed E-state index contributed by atoms with van der Waals surface area (Å²) in [6.45, 7) is 0. The number of nitrogens with zero attached hydrogens (tertiary/aromatic N) is 1. The van der Waals surface area contributed by atoms with Crippen molar-refractivity contribution in [2.24, 2.45) is 0 Å². The van der Waals surface area contributed by atoms with E-state index in [1.807, 2.05) is 42.5 Å². The standard InChI is InChI=1S/C21H13BrCl2N2O/c22-13-1-7-19-17(11-13)20(9-10-25-19)26-15-4-8-21(18(24)12-15)27-16-5-2-14(23)3-6-16/h1-12H,(H,25,26). The second-order valence-corrected chi connectivity index (χ2v) is 7.61.